The zero-order valence-electron chi connectivity index (χ0n) is 14.6. The van der Waals surface area contributed by atoms with Crippen molar-refractivity contribution in [1.29, 1.82) is 0 Å². The summed E-state index contributed by atoms with van der Waals surface area (Å²) in [7, 11) is 3.38. The van der Waals surface area contributed by atoms with Crippen LogP contribution in [0.25, 0.3) is 0 Å². The Morgan fingerprint density at radius 3 is 2.78 bits per heavy atom. The summed E-state index contributed by atoms with van der Waals surface area (Å²) in [5.41, 5.74) is -0.486. The molecule has 2 rings (SSSR count). The highest BCUT2D eigenvalue weighted by Crippen LogP contribution is 2.23. The van der Waals surface area contributed by atoms with Crippen LogP contribution < -0.4 is 9.64 Å². The van der Waals surface area contributed by atoms with E-state index in [-0.39, 0.29) is 12.1 Å². The molecule has 0 aliphatic carbocycles. The summed E-state index contributed by atoms with van der Waals surface area (Å²) < 4.78 is 10.6. The van der Waals surface area contributed by atoms with Gasteiger partial charge in [-0.3, -0.25) is 0 Å². The second kappa shape index (κ2) is 7.02. The van der Waals surface area contributed by atoms with Crippen molar-refractivity contribution < 1.29 is 14.3 Å². The molecule has 0 saturated carbocycles. The van der Waals surface area contributed by atoms with Crippen molar-refractivity contribution in [2.24, 2.45) is 0 Å². The molecule has 0 spiro atoms. The van der Waals surface area contributed by atoms with Crippen LogP contribution in [0, 0.1) is 0 Å². The number of amides is 1. The summed E-state index contributed by atoms with van der Waals surface area (Å²) in [6.45, 7) is 7.24. The highest BCUT2D eigenvalue weighted by molar-refractivity contribution is 5.68. The minimum Gasteiger partial charge on any atom is -0.481 e. The van der Waals surface area contributed by atoms with Gasteiger partial charge in [0.1, 0.15) is 17.7 Å². The Labute approximate surface area is 137 Å². The number of methoxy groups -OCH3 is 1. The lowest BCUT2D eigenvalue weighted by molar-refractivity contribution is 0.0209. The summed E-state index contributed by atoms with van der Waals surface area (Å²) in [6.07, 6.45) is 3.15. The third kappa shape index (κ3) is 4.71. The third-order valence-corrected chi connectivity index (χ3v) is 3.79. The van der Waals surface area contributed by atoms with Crippen molar-refractivity contribution in [3.63, 3.8) is 0 Å². The second-order valence-corrected chi connectivity index (χ2v) is 6.75. The zero-order chi connectivity index (χ0) is 17.0. The lowest BCUT2D eigenvalue weighted by Gasteiger charge is -2.38. The van der Waals surface area contributed by atoms with Gasteiger partial charge in [0.2, 0.25) is 5.88 Å². The SMILES string of the molecule is COc1cc(N2CCC[C@H](N(C)C(=O)OC(C)(C)C)C2)ncn1. The standard InChI is InChI=1S/C16H26N4O3/c1-16(2,3)23-15(21)19(4)12-7-6-8-20(10-12)13-9-14(22-5)18-11-17-13/h9,11-12H,6-8,10H2,1-5H3/t12-/m0/s1. The molecule has 2 heterocycles. The predicted molar refractivity (Wildman–Crippen MR) is 87.8 cm³/mol. The molecule has 7 nitrogen and oxygen atoms in total. The van der Waals surface area contributed by atoms with Gasteiger partial charge in [-0.2, -0.15) is 0 Å². The summed E-state index contributed by atoms with van der Waals surface area (Å²) in [5.74, 6) is 1.36. The summed E-state index contributed by atoms with van der Waals surface area (Å²) in [4.78, 5) is 24.4. The molecule has 1 amide bonds. The Hall–Kier alpha value is -2.05. The maximum Gasteiger partial charge on any atom is 0.410 e. The molecule has 0 bridgehead atoms. The number of anilines is 1. The highest BCUT2D eigenvalue weighted by Gasteiger charge is 2.29. The van der Waals surface area contributed by atoms with E-state index < -0.39 is 5.60 Å². The van der Waals surface area contributed by atoms with Gasteiger partial charge in [-0.15, -0.1) is 0 Å². The van der Waals surface area contributed by atoms with Crippen molar-refractivity contribution >= 4 is 11.9 Å². The Balaban J connectivity index is 2.03. The van der Waals surface area contributed by atoms with Gasteiger partial charge < -0.3 is 19.3 Å². The molecule has 0 radical (unpaired) electrons. The van der Waals surface area contributed by atoms with Crippen molar-refractivity contribution in [3.05, 3.63) is 12.4 Å². The number of piperidine rings is 1. The maximum absolute atomic E-state index is 12.2. The Kier molecular flexibility index (Phi) is 5.28. The van der Waals surface area contributed by atoms with Gasteiger partial charge in [-0.1, -0.05) is 0 Å². The van der Waals surface area contributed by atoms with E-state index in [1.165, 1.54) is 6.33 Å². The van der Waals surface area contributed by atoms with Crippen LogP contribution in [0.4, 0.5) is 10.6 Å². The first-order chi connectivity index (χ1) is 10.8. The number of hydrogen-bond acceptors (Lipinski definition) is 6. The monoisotopic (exact) mass is 322 g/mol. The average Bonchev–Trinajstić information content (AvgIpc) is 2.52. The largest absolute Gasteiger partial charge is 0.481 e. The van der Waals surface area contributed by atoms with Crippen LogP contribution in [-0.2, 0) is 4.74 Å². The molecule has 0 aromatic carbocycles. The lowest BCUT2D eigenvalue weighted by Crippen LogP contribution is -2.50. The van der Waals surface area contributed by atoms with E-state index in [4.69, 9.17) is 9.47 Å². The molecule has 1 aliphatic heterocycles. The van der Waals surface area contributed by atoms with E-state index in [1.807, 2.05) is 26.8 Å². The minimum atomic E-state index is -0.486. The number of carbonyl (C=O) groups is 1. The van der Waals surface area contributed by atoms with Crippen LogP contribution in [0.1, 0.15) is 33.6 Å². The number of aromatic nitrogens is 2. The molecule has 7 heteroatoms. The fraction of sp³-hybridized carbons (Fsp3) is 0.688. The minimum absolute atomic E-state index is 0.0968. The van der Waals surface area contributed by atoms with E-state index in [0.29, 0.717) is 5.88 Å². The van der Waals surface area contributed by atoms with Crippen molar-refractivity contribution in [3.8, 4) is 5.88 Å². The molecular formula is C16H26N4O3. The van der Waals surface area contributed by atoms with Crippen LogP contribution in [0.2, 0.25) is 0 Å². The number of ether oxygens (including phenoxy) is 2. The first kappa shape index (κ1) is 17.3. The summed E-state index contributed by atoms with van der Waals surface area (Å²) >= 11 is 0. The average molecular weight is 322 g/mol. The van der Waals surface area contributed by atoms with Crippen molar-refractivity contribution in [2.45, 2.75) is 45.3 Å². The van der Waals surface area contributed by atoms with Gasteiger partial charge >= 0.3 is 6.09 Å². The smallest absolute Gasteiger partial charge is 0.410 e. The second-order valence-electron chi connectivity index (χ2n) is 6.75. The topological polar surface area (TPSA) is 67.8 Å². The fourth-order valence-corrected chi connectivity index (χ4v) is 2.58. The molecule has 23 heavy (non-hydrogen) atoms. The van der Waals surface area contributed by atoms with Gasteiger partial charge in [0.05, 0.1) is 13.2 Å². The number of hydrogen-bond donors (Lipinski definition) is 0. The van der Waals surface area contributed by atoms with E-state index in [9.17, 15) is 4.79 Å². The molecule has 0 unspecified atom stereocenters. The number of rotatable bonds is 3. The van der Waals surface area contributed by atoms with Crippen LogP contribution in [-0.4, -0.2) is 59.9 Å². The van der Waals surface area contributed by atoms with Gasteiger partial charge in [0.15, 0.2) is 0 Å². The van der Waals surface area contributed by atoms with Crippen LogP contribution >= 0.6 is 0 Å². The number of likely N-dealkylation sites (N-methyl/N-ethyl adjacent to an activating group) is 1. The Morgan fingerprint density at radius 2 is 2.13 bits per heavy atom. The van der Waals surface area contributed by atoms with Crippen LogP contribution in [0.3, 0.4) is 0 Å². The normalized spacial score (nSPS) is 18.5. The molecule has 1 aromatic rings. The number of carbonyl (C=O) groups excluding carboxylic acids is 1. The van der Waals surface area contributed by atoms with Crippen molar-refractivity contribution in [1.82, 2.24) is 14.9 Å². The summed E-state index contributed by atoms with van der Waals surface area (Å²) in [6, 6.07) is 1.91. The van der Waals surface area contributed by atoms with Crippen LogP contribution in [0.15, 0.2) is 12.4 Å². The van der Waals surface area contributed by atoms with Gasteiger partial charge in [-0.05, 0) is 33.6 Å². The molecule has 1 saturated heterocycles. The Morgan fingerprint density at radius 1 is 1.39 bits per heavy atom. The zero-order valence-corrected chi connectivity index (χ0v) is 14.6. The molecule has 0 N–H and O–H groups in total. The van der Waals surface area contributed by atoms with E-state index in [0.717, 1.165) is 31.7 Å². The predicted octanol–water partition coefficient (Wildman–Crippen LogP) is 2.32. The quantitative estimate of drug-likeness (QED) is 0.851. The maximum atomic E-state index is 12.2. The van der Waals surface area contributed by atoms with Crippen molar-refractivity contribution in [2.75, 3.05) is 32.1 Å². The highest BCUT2D eigenvalue weighted by atomic mass is 16.6. The molecule has 128 valence electrons. The first-order valence-corrected chi connectivity index (χ1v) is 7.87. The van der Waals surface area contributed by atoms with Gasteiger partial charge in [-0.25, -0.2) is 14.8 Å². The third-order valence-electron chi connectivity index (χ3n) is 3.79. The fourth-order valence-electron chi connectivity index (χ4n) is 2.58. The van der Waals surface area contributed by atoms with Crippen LogP contribution in [0.5, 0.6) is 5.88 Å². The first-order valence-electron chi connectivity index (χ1n) is 7.87. The lowest BCUT2D eigenvalue weighted by atomic mass is 10.0. The molecule has 1 aromatic heterocycles. The summed E-state index contributed by atoms with van der Waals surface area (Å²) in [5, 5.41) is 0. The van der Waals surface area contributed by atoms with E-state index in [2.05, 4.69) is 14.9 Å². The van der Waals surface area contributed by atoms with Gasteiger partial charge in [0.25, 0.3) is 0 Å². The Bertz CT molecular complexity index is 544. The van der Waals surface area contributed by atoms with E-state index in [1.54, 1.807) is 19.1 Å². The molecular weight excluding hydrogens is 296 g/mol. The number of nitrogens with zero attached hydrogens (tertiary/aromatic N) is 4. The van der Waals surface area contributed by atoms with Gasteiger partial charge in [0, 0.05) is 26.2 Å². The van der Waals surface area contributed by atoms with E-state index >= 15 is 0 Å². The molecule has 1 aliphatic rings. The molecule has 1 fully saturated rings. The molecule has 1 atom stereocenters.